The number of halogens is 1. The first-order chi connectivity index (χ1) is 16.0. The van der Waals surface area contributed by atoms with Gasteiger partial charge in [0, 0.05) is 8.96 Å². The second-order valence-electron chi connectivity index (χ2n) is 10.1. The fourth-order valence-electron chi connectivity index (χ4n) is 6.46. The predicted octanol–water partition coefficient (Wildman–Crippen LogP) is 7.13. The molecule has 3 unspecified atom stereocenters. The summed E-state index contributed by atoms with van der Waals surface area (Å²) in [5, 5.41) is 2.37. The smallest absolute Gasteiger partial charge is 0.345 e. The molecule has 0 bridgehead atoms. The van der Waals surface area contributed by atoms with E-state index in [9.17, 15) is 4.79 Å². The number of rotatable bonds is 5. The lowest BCUT2D eigenvalue weighted by Gasteiger charge is -2.26. The molecule has 2 saturated carbocycles. The number of hydrogen-bond acceptors (Lipinski definition) is 3. The van der Waals surface area contributed by atoms with Crippen molar-refractivity contribution in [2.75, 3.05) is 6.61 Å². The molecule has 0 amide bonds. The fourth-order valence-corrected chi connectivity index (χ4v) is 6.95. The van der Waals surface area contributed by atoms with Gasteiger partial charge in [-0.25, -0.2) is 4.79 Å². The van der Waals surface area contributed by atoms with Gasteiger partial charge in [-0.05, 0) is 113 Å². The lowest BCUT2D eigenvalue weighted by Crippen LogP contribution is -2.29. The first-order valence-electron chi connectivity index (χ1n) is 12.2. The van der Waals surface area contributed by atoms with Gasteiger partial charge in [0.15, 0.2) is 6.61 Å². The van der Waals surface area contributed by atoms with Crippen LogP contribution in [0.3, 0.4) is 0 Å². The summed E-state index contributed by atoms with van der Waals surface area (Å²) >= 11 is 2.31. The lowest BCUT2D eigenvalue weighted by atomic mass is 9.98. The molecule has 6 rings (SSSR count). The summed E-state index contributed by atoms with van der Waals surface area (Å²) in [6.45, 7) is 1.94. The Labute approximate surface area is 209 Å². The molecule has 3 aromatic carbocycles. The molecule has 3 aliphatic rings. The minimum Gasteiger partial charge on any atom is -0.481 e. The highest BCUT2D eigenvalue weighted by Gasteiger charge is 2.51. The van der Waals surface area contributed by atoms with E-state index >= 15 is 0 Å². The third-order valence-corrected chi connectivity index (χ3v) is 8.80. The largest absolute Gasteiger partial charge is 0.481 e. The maximum atomic E-state index is 12.8. The summed E-state index contributed by atoms with van der Waals surface area (Å²) in [6, 6.07) is 19.2. The summed E-state index contributed by atoms with van der Waals surface area (Å²) in [7, 11) is 0. The molecule has 0 aromatic heterocycles. The van der Waals surface area contributed by atoms with Gasteiger partial charge in [0.1, 0.15) is 11.4 Å². The average molecular weight is 552 g/mol. The van der Waals surface area contributed by atoms with Crippen molar-refractivity contribution in [2.45, 2.75) is 57.0 Å². The molecule has 0 saturated heterocycles. The Morgan fingerprint density at radius 1 is 1.03 bits per heavy atom. The quantitative estimate of drug-likeness (QED) is 0.250. The van der Waals surface area contributed by atoms with Gasteiger partial charge in [-0.1, -0.05) is 49.2 Å². The third kappa shape index (κ3) is 3.84. The summed E-state index contributed by atoms with van der Waals surface area (Å²) in [4.78, 5) is 12.8. The van der Waals surface area contributed by atoms with Crippen molar-refractivity contribution in [3.05, 3.63) is 74.9 Å². The number of hydrogen-bond donors (Lipinski definition) is 0. The molecule has 2 fully saturated rings. The summed E-state index contributed by atoms with van der Waals surface area (Å²) in [6.07, 6.45) is 7.24. The number of carbonyl (C=O) groups is 1. The highest BCUT2D eigenvalue weighted by atomic mass is 127. The molecule has 3 aromatic rings. The third-order valence-electron chi connectivity index (χ3n) is 8.13. The van der Waals surface area contributed by atoms with Gasteiger partial charge in [-0.2, -0.15) is 0 Å². The van der Waals surface area contributed by atoms with Crippen molar-refractivity contribution in [1.82, 2.24) is 0 Å². The maximum Gasteiger partial charge on any atom is 0.345 e. The van der Waals surface area contributed by atoms with Gasteiger partial charge >= 0.3 is 5.97 Å². The van der Waals surface area contributed by atoms with E-state index in [0.29, 0.717) is 5.92 Å². The number of esters is 1. The number of aryl methyl sites for hydroxylation is 1. The van der Waals surface area contributed by atoms with E-state index in [2.05, 4.69) is 77.2 Å². The van der Waals surface area contributed by atoms with Crippen molar-refractivity contribution >= 4 is 39.3 Å². The number of ether oxygens (including phenoxy) is 2. The van der Waals surface area contributed by atoms with Crippen LogP contribution in [0.15, 0.2) is 54.6 Å². The Morgan fingerprint density at radius 3 is 2.58 bits per heavy atom. The van der Waals surface area contributed by atoms with E-state index in [4.69, 9.17) is 9.47 Å². The van der Waals surface area contributed by atoms with Gasteiger partial charge < -0.3 is 9.47 Å². The van der Waals surface area contributed by atoms with Crippen molar-refractivity contribution < 1.29 is 14.3 Å². The molecule has 4 heteroatoms. The molecule has 0 spiro atoms. The monoisotopic (exact) mass is 552 g/mol. The van der Waals surface area contributed by atoms with Crippen LogP contribution in [0, 0.1) is 15.4 Å². The van der Waals surface area contributed by atoms with Crippen molar-refractivity contribution in [1.29, 1.82) is 0 Å². The molecule has 3 atom stereocenters. The Hall–Kier alpha value is -2.08. The number of fused-ring (bicyclic) bond motifs is 3. The van der Waals surface area contributed by atoms with E-state index in [0.717, 1.165) is 44.9 Å². The second-order valence-corrected chi connectivity index (χ2v) is 11.4. The van der Waals surface area contributed by atoms with Crippen LogP contribution in [-0.2, 0) is 21.6 Å². The first-order valence-corrected chi connectivity index (χ1v) is 13.3. The summed E-state index contributed by atoms with van der Waals surface area (Å²) < 4.78 is 13.2. The molecule has 0 N–H and O–H groups in total. The Morgan fingerprint density at radius 2 is 1.79 bits per heavy atom. The van der Waals surface area contributed by atoms with E-state index in [1.165, 1.54) is 42.2 Å². The van der Waals surface area contributed by atoms with Crippen LogP contribution in [0.25, 0.3) is 10.8 Å². The van der Waals surface area contributed by atoms with Crippen molar-refractivity contribution in [3.8, 4) is 5.75 Å². The average Bonchev–Trinajstić information content (AvgIpc) is 3.47. The molecular formula is C29H29IO3. The summed E-state index contributed by atoms with van der Waals surface area (Å²) in [5.74, 6) is 2.87. The highest BCUT2D eigenvalue weighted by molar-refractivity contribution is 14.1. The Balaban J connectivity index is 1.19. The van der Waals surface area contributed by atoms with Crippen LogP contribution in [0.2, 0.25) is 0 Å². The fraction of sp³-hybridized carbons (Fsp3) is 0.414. The molecule has 0 heterocycles. The normalized spacial score (nSPS) is 27.6. The molecule has 0 aliphatic heterocycles. The molecule has 3 nitrogen and oxygen atoms in total. The first kappa shape index (κ1) is 21.5. The van der Waals surface area contributed by atoms with Crippen molar-refractivity contribution in [2.24, 2.45) is 11.8 Å². The van der Waals surface area contributed by atoms with Crippen LogP contribution in [0.5, 0.6) is 5.75 Å². The lowest BCUT2D eigenvalue weighted by molar-refractivity contribution is -0.161. The molecule has 170 valence electrons. The van der Waals surface area contributed by atoms with E-state index in [1.54, 1.807) is 0 Å². The van der Waals surface area contributed by atoms with Crippen LogP contribution in [0.1, 0.15) is 61.6 Å². The zero-order valence-electron chi connectivity index (χ0n) is 19.0. The minimum atomic E-state index is -0.578. The van der Waals surface area contributed by atoms with Gasteiger partial charge in [0.05, 0.1) is 0 Å². The van der Waals surface area contributed by atoms with Crippen LogP contribution in [-0.4, -0.2) is 12.6 Å². The SMILES string of the molecule is CC1(OC(=O)COc2ccc(C3C4CCCCC43)c3ccccc23)CCc2ccc(I)cc21. The van der Waals surface area contributed by atoms with Crippen LogP contribution in [0.4, 0.5) is 0 Å². The topological polar surface area (TPSA) is 35.5 Å². The molecule has 33 heavy (non-hydrogen) atoms. The summed E-state index contributed by atoms with van der Waals surface area (Å²) in [5.41, 5.74) is 3.28. The Kier molecular flexibility index (Phi) is 5.39. The van der Waals surface area contributed by atoms with Crippen molar-refractivity contribution in [3.63, 3.8) is 0 Å². The highest BCUT2D eigenvalue weighted by Crippen LogP contribution is 2.62. The minimum absolute atomic E-state index is 0.0765. The number of benzene rings is 3. The zero-order chi connectivity index (χ0) is 22.6. The van der Waals surface area contributed by atoms with Gasteiger partial charge in [-0.3, -0.25) is 0 Å². The van der Waals surface area contributed by atoms with E-state index in [1.807, 2.05) is 6.92 Å². The molecule has 0 radical (unpaired) electrons. The zero-order valence-corrected chi connectivity index (χ0v) is 21.1. The predicted molar refractivity (Wildman–Crippen MR) is 139 cm³/mol. The van der Waals surface area contributed by atoms with E-state index in [-0.39, 0.29) is 12.6 Å². The standard InChI is InChI=1S/C29H29IO3/c1-29(15-14-18-10-11-19(30)16-25(18)29)33-27(31)17-32-26-13-12-24(20-6-2-3-7-21(20)26)28-22-8-4-5-9-23(22)28/h2-3,6-7,10-13,16,22-23,28H,4-5,8-9,14-15,17H2,1H3. The molecule has 3 aliphatic carbocycles. The molecular weight excluding hydrogens is 523 g/mol. The second kappa shape index (κ2) is 8.30. The maximum absolute atomic E-state index is 12.8. The number of carbonyl (C=O) groups excluding carboxylic acids is 1. The van der Waals surface area contributed by atoms with E-state index < -0.39 is 5.60 Å². The van der Waals surface area contributed by atoms with Gasteiger partial charge in [-0.15, -0.1) is 0 Å². The van der Waals surface area contributed by atoms with Crippen LogP contribution < -0.4 is 4.74 Å². The Bertz CT molecular complexity index is 1220. The van der Waals surface area contributed by atoms with Crippen LogP contribution >= 0.6 is 22.6 Å². The van der Waals surface area contributed by atoms with Gasteiger partial charge in [0.2, 0.25) is 0 Å². The van der Waals surface area contributed by atoms with Gasteiger partial charge in [0.25, 0.3) is 0 Å².